The highest BCUT2D eigenvalue weighted by atomic mass is 14.0. The van der Waals surface area contributed by atoms with Crippen LogP contribution in [0.25, 0.3) is 11.1 Å². The van der Waals surface area contributed by atoms with Crippen LogP contribution < -0.4 is 0 Å². The third-order valence-electron chi connectivity index (χ3n) is 3.08. The molecule has 0 aliphatic rings. The smallest absolute Gasteiger partial charge is 0.0245 e. The van der Waals surface area contributed by atoms with Crippen molar-refractivity contribution >= 4 is 0 Å². The van der Waals surface area contributed by atoms with E-state index in [1.807, 2.05) is 13.0 Å². The first-order valence-electron chi connectivity index (χ1n) is 6.56. The van der Waals surface area contributed by atoms with Gasteiger partial charge in [0.2, 0.25) is 0 Å². The predicted octanol–water partition coefficient (Wildman–Crippen LogP) is 4.84. The van der Waals surface area contributed by atoms with E-state index in [0.29, 0.717) is 0 Å². The quantitative estimate of drug-likeness (QED) is 0.534. The van der Waals surface area contributed by atoms with Gasteiger partial charge in [0.05, 0.1) is 0 Å². The molecule has 0 atom stereocenters. The van der Waals surface area contributed by atoms with Crippen LogP contribution in [-0.4, -0.2) is 0 Å². The number of benzene rings is 2. The third-order valence-corrected chi connectivity index (χ3v) is 3.08. The van der Waals surface area contributed by atoms with Crippen molar-refractivity contribution in [3.8, 4) is 23.0 Å². The summed E-state index contributed by atoms with van der Waals surface area (Å²) in [7, 11) is 0. The van der Waals surface area contributed by atoms with Gasteiger partial charge in [-0.2, -0.15) is 0 Å². The fraction of sp³-hybridized carbons (Fsp3) is 0.158. The lowest BCUT2D eigenvalue weighted by atomic mass is 10.0. The molecule has 0 saturated heterocycles. The fourth-order valence-corrected chi connectivity index (χ4v) is 2.02. The summed E-state index contributed by atoms with van der Waals surface area (Å²) in [5.74, 6) is 5.97. The highest BCUT2D eigenvalue weighted by Crippen LogP contribution is 2.20. The van der Waals surface area contributed by atoms with Crippen molar-refractivity contribution in [3.05, 3.63) is 72.3 Å². The van der Waals surface area contributed by atoms with E-state index in [1.165, 1.54) is 16.7 Å². The maximum Gasteiger partial charge on any atom is 0.0245 e. The monoisotopic (exact) mass is 246 g/mol. The minimum Gasteiger partial charge on any atom is -0.103 e. The van der Waals surface area contributed by atoms with Gasteiger partial charge in [0, 0.05) is 5.56 Å². The standard InChI is InChI=1S/C19H18/c1-3-5-7-17-10-14-19(15-11-17)18-12-8-16(6-4-2)9-13-18/h3,8-15H,1,5,7H2,2H3. The van der Waals surface area contributed by atoms with E-state index in [9.17, 15) is 0 Å². The van der Waals surface area contributed by atoms with Gasteiger partial charge in [-0.25, -0.2) is 0 Å². The van der Waals surface area contributed by atoms with Gasteiger partial charge >= 0.3 is 0 Å². The van der Waals surface area contributed by atoms with E-state index in [4.69, 9.17) is 0 Å². The Bertz CT molecular complexity index is 589. The highest BCUT2D eigenvalue weighted by Gasteiger charge is 1.98. The van der Waals surface area contributed by atoms with Crippen molar-refractivity contribution in [3.63, 3.8) is 0 Å². The van der Waals surface area contributed by atoms with Gasteiger partial charge in [-0.15, -0.1) is 12.5 Å². The first kappa shape index (κ1) is 13.2. The maximum atomic E-state index is 3.75. The minimum absolute atomic E-state index is 1.03. The first-order chi connectivity index (χ1) is 9.33. The second kappa shape index (κ2) is 6.61. The molecule has 0 nitrogen and oxygen atoms in total. The molecule has 0 fully saturated rings. The third kappa shape index (κ3) is 3.60. The molecule has 0 heteroatoms. The van der Waals surface area contributed by atoms with Crippen LogP contribution in [0.4, 0.5) is 0 Å². The van der Waals surface area contributed by atoms with E-state index in [-0.39, 0.29) is 0 Å². The van der Waals surface area contributed by atoms with Gasteiger partial charge in [-0.05, 0) is 48.6 Å². The molecule has 0 bridgehead atoms. The molecule has 0 aromatic heterocycles. The molecule has 2 rings (SSSR count). The lowest BCUT2D eigenvalue weighted by Gasteiger charge is -2.04. The van der Waals surface area contributed by atoms with E-state index in [1.54, 1.807) is 0 Å². The van der Waals surface area contributed by atoms with E-state index in [2.05, 4.69) is 67.0 Å². The van der Waals surface area contributed by atoms with E-state index in [0.717, 1.165) is 18.4 Å². The average molecular weight is 246 g/mol. The number of rotatable bonds is 4. The molecule has 0 heterocycles. The summed E-state index contributed by atoms with van der Waals surface area (Å²) in [6.07, 6.45) is 4.06. The molecule has 0 unspecified atom stereocenters. The van der Waals surface area contributed by atoms with Crippen LogP contribution in [0.2, 0.25) is 0 Å². The van der Waals surface area contributed by atoms with E-state index >= 15 is 0 Å². The van der Waals surface area contributed by atoms with Gasteiger partial charge in [-0.3, -0.25) is 0 Å². The van der Waals surface area contributed by atoms with Crippen molar-refractivity contribution in [2.45, 2.75) is 19.8 Å². The van der Waals surface area contributed by atoms with Crippen molar-refractivity contribution < 1.29 is 0 Å². The van der Waals surface area contributed by atoms with Crippen LogP contribution in [0.15, 0.2) is 61.2 Å². The summed E-state index contributed by atoms with van der Waals surface area (Å²) in [5.41, 5.74) is 4.90. The molecule has 2 aromatic carbocycles. The molecule has 0 N–H and O–H groups in total. The van der Waals surface area contributed by atoms with Crippen LogP contribution in [0.3, 0.4) is 0 Å². The zero-order chi connectivity index (χ0) is 13.5. The normalized spacial score (nSPS) is 9.53. The van der Waals surface area contributed by atoms with Crippen LogP contribution in [0, 0.1) is 11.8 Å². The second-order valence-corrected chi connectivity index (χ2v) is 4.48. The zero-order valence-corrected chi connectivity index (χ0v) is 11.3. The molecule has 0 spiro atoms. The molecule has 0 aliphatic carbocycles. The van der Waals surface area contributed by atoms with Gasteiger partial charge < -0.3 is 0 Å². The molecule has 0 saturated carbocycles. The Kier molecular flexibility index (Phi) is 4.59. The molecule has 94 valence electrons. The summed E-state index contributed by atoms with van der Waals surface area (Å²) in [4.78, 5) is 0. The summed E-state index contributed by atoms with van der Waals surface area (Å²) in [5, 5.41) is 0. The maximum absolute atomic E-state index is 3.75. The minimum atomic E-state index is 1.03. The zero-order valence-electron chi connectivity index (χ0n) is 11.3. The number of aryl methyl sites for hydroxylation is 1. The molecule has 0 radical (unpaired) electrons. The summed E-state index contributed by atoms with van der Waals surface area (Å²) < 4.78 is 0. The van der Waals surface area contributed by atoms with Crippen LogP contribution in [0.1, 0.15) is 24.5 Å². The van der Waals surface area contributed by atoms with Crippen molar-refractivity contribution in [2.24, 2.45) is 0 Å². The fourth-order valence-electron chi connectivity index (χ4n) is 2.02. The van der Waals surface area contributed by atoms with Crippen molar-refractivity contribution in [1.29, 1.82) is 0 Å². The molecular formula is C19H18. The Labute approximate surface area is 115 Å². The molecule has 19 heavy (non-hydrogen) atoms. The lowest BCUT2D eigenvalue weighted by molar-refractivity contribution is 1.00. The predicted molar refractivity (Wildman–Crippen MR) is 82.9 cm³/mol. The SMILES string of the molecule is C=CCCc1ccc(-c2ccc(C#CC)cc2)cc1. The molecule has 2 aromatic rings. The average Bonchev–Trinajstić information content (AvgIpc) is 2.47. The van der Waals surface area contributed by atoms with Gasteiger partial charge in [0.1, 0.15) is 0 Å². The Balaban J connectivity index is 2.16. The van der Waals surface area contributed by atoms with Gasteiger partial charge in [0.15, 0.2) is 0 Å². The number of hydrogen-bond acceptors (Lipinski definition) is 0. The van der Waals surface area contributed by atoms with E-state index < -0.39 is 0 Å². The summed E-state index contributed by atoms with van der Waals surface area (Å²) in [6.45, 7) is 5.61. The number of allylic oxidation sites excluding steroid dienone is 1. The molecular weight excluding hydrogens is 228 g/mol. The Hall–Kier alpha value is -2.26. The summed E-state index contributed by atoms with van der Waals surface area (Å²) in [6, 6.07) is 17.1. The van der Waals surface area contributed by atoms with Crippen molar-refractivity contribution in [2.75, 3.05) is 0 Å². The lowest BCUT2D eigenvalue weighted by Crippen LogP contribution is -1.84. The molecule has 0 aliphatic heterocycles. The topological polar surface area (TPSA) is 0 Å². The van der Waals surface area contributed by atoms with Gasteiger partial charge in [-0.1, -0.05) is 48.4 Å². The Morgan fingerprint density at radius 2 is 1.53 bits per heavy atom. The van der Waals surface area contributed by atoms with Gasteiger partial charge in [0.25, 0.3) is 0 Å². The van der Waals surface area contributed by atoms with Crippen LogP contribution in [0.5, 0.6) is 0 Å². The van der Waals surface area contributed by atoms with Crippen LogP contribution in [-0.2, 0) is 6.42 Å². The first-order valence-corrected chi connectivity index (χ1v) is 6.56. The highest BCUT2D eigenvalue weighted by molar-refractivity contribution is 5.64. The largest absolute Gasteiger partial charge is 0.103 e. The van der Waals surface area contributed by atoms with Crippen LogP contribution >= 0.6 is 0 Å². The second-order valence-electron chi connectivity index (χ2n) is 4.48. The molecule has 0 amide bonds. The Morgan fingerprint density at radius 3 is 2.05 bits per heavy atom. The number of hydrogen-bond donors (Lipinski definition) is 0. The van der Waals surface area contributed by atoms with Crippen molar-refractivity contribution in [1.82, 2.24) is 0 Å². The summed E-state index contributed by atoms with van der Waals surface area (Å²) >= 11 is 0. The Morgan fingerprint density at radius 1 is 0.947 bits per heavy atom.